The Morgan fingerprint density at radius 1 is 1.06 bits per heavy atom. The zero-order chi connectivity index (χ0) is 12.3. The molecule has 0 aliphatic carbocycles. The maximum atomic E-state index is 12.0. The molecule has 1 heterocycles. The van der Waals surface area contributed by atoms with Gasteiger partial charge < -0.3 is 0 Å². The van der Waals surface area contributed by atoms with Crippen molar-refractivity contribution in [2.45, 2.75) is 4.90 Å². The van der Waals surface area contributed by atoms with Crippen molar-refractivity contribution in [3.8, 4) is 0 Å². The summed E-state index contributed by atoms with van der Waals surface area (Å²) < 4.78 is 27.3. The fraction of sp³-hybridized carbons (Fsp3) is 0. The molecule has 2 rings (SSSR count). The average molecular weight is 360 g/mol. The van der Waals surface area contributed by atoms with E-state index in [0.29, 0.717) is 5.82 Å². The number of hydrogen-bond acceptors (Lipinski definition) is 3. The standard InChI is InChI=1S/C11H9IN2O2S/c12-9-4-6-10(7-5-9)17(15,16)14-11-3-1-2-8-13-11/h1-8H,(H,13,14). The largest absolute Gasteiger partial charge is 0.263 e. The SMILES string of the molecule is O=S(=O)(Nc1ccccn1)c1ccc(I)cc1. The minimum absolute atomic E-state index is 0.226. The van der Waals surface area contributed by atoms with Gasteiger partial charge in [-0.25, -0.2) is 13.4 Å². The van der Waals surface area contributed by atoms with E-state index >= 15 is 0 Å². The zero-order valence-electron chi connectivity index (χ0n) is 8.67. The molecule has 0 bridgehead atoms. The molecule has 2 aromatic rings. The van der Waals surface area contributed by atoms with Crippen LogP contribution in [0.5, 0.6) is 0 Å². The number of pyridine rings is 1. The number of rotatable bonds is 3. The molecule has 1 aromatic heterocycles. The van der Waals surface area contributed by atoms with Gasteiger partial charge in [0.1, 0.15) is 5.82 Å². The number of nitrogens with one attached hydrogen (secondary N) is 1. The molecule has 1 N–H and O–H groups in total. The Morgan fingerprint density at radius 3 is 2.35 bits per heavy atom. The van der Waals surface area contributed by atoms with Crippen LogP contribution < -0.4 is 4.72 Å². The molecule has 4 nitrogen and oxygen atoms in total. The van der Waals surface area contributed by atoms with Crippen molar-refractivity contribution in [1.82, 2.24) is 4.98 Å². The molecular weight excluding hydrogens is 351 g/mol. The first-order valence-corrected chi connectivity index (χ1v) is 7.33. The topological polar surface area (TPSA) is 59.1 Å². The second-order valence-corrected chi connectivity index (χ2v) is 6.20. The minimum Gasteiger partial charge on any atom is -0.263 e. The van der Waals surface area contributed by atoms with E-state index in [-0.39, 0.29) is 4.90 Å². The van der Waals surface area contributed by atoms with Crippen molar-refractivity contribution in [1.29, 1.82) is 0 Å². The van der Waals surface area contributed by atoms with Gasteiger partial charge in [0.2, 0.25) is 0 Å². The molecule has 88 valence electrons. The number of nitrogens with zero attached hydrogens (tertiary/aromatic N) is 1. The third kappa shape index (κ3) is 3.16. The molecule has 0 amide bonds. The smallest absolute Gasteiger partial charge is 0.263 e. The van der Waals surface area contributed by atoms with Crippen LogP contribution in [-0.2, 0) is 10.0 Å². The van der Waals surface area contributed by atoms with Crippen molar-refractivity contribution < 1.29 is 8.42 Å². The highest BCUT2D eigenvalue weighted by Gasteiger charge is 2.13. The number of halogens is 1. The lowest BCUT2D eigenvalue weighted by Gasteiger charge is -2.06. The molecule has 0 atom stereocenters. The highest BCUT2D eigenvalue weighted by molar-refractivity contribution is 14.1. The van der Waals surface area contributed by atoms with Crippen molar-refractivity contribution in [2.24, 2.45) is 0 Å². The Kier molecular flexibility index (Phi) is 3.63. The van der Waals surface area contributed by atoms with Gasteiger partial charge in [0.15, 0.2) is 0 Å². The molecular formula is C11H9IN2O2S. The first-order chi connectivity index (χ1) is 8.08. The molecule has 17 heavy (non-hydrogen) atoms. The summed E-state index contributed by atoms with van der Waals surface area (Å²) in [7, 11) is -3.55. The average Bonchev–Trinajstić information content (AvgIpc) is 2.30. The lowest BCUT2D eigenvalue weighted by atomic mass is 10.4. The van der Waals surface area contributed by atoms with Crippen LogP contribution in [0.1, 0.15) is 0 Å². The molecule has 1 aromatic carbocycles. The van der Waals surface area contributed by atoms with E-state index in [1.54, 1.807) is 42.5 Å². The fourth-order valence-corrected chi connectivity index (χ4v) is 2.60. The van der Waals surface area contributed by atoms with E-state index in [1.165, 1.54) is 6.20 Å². The normalized spacial score (nSPS) is 11.1. The van der Waals surface area contributed by atoms with Crippen LogP contribution >= 0.6 is 22.6 Å². The summed E-state index contributed by atoms with van der Waals surface area (Å²) in [5.74, 6) is 0.311. The van der Waals surface area contributed by atoms with Crippen molar-refractivity contribution in [2.75, 3.05) is 4.72 Å². The second kappa shape index (κ2) is 5.01. The number of aromatic nitrogens is 1. The molecule has 0 spiro atoms. The maximum Gasteiger partial charge on any atom is 0.263 e. The molecule has 0 unspecified atom stereocenters. The Balaban J connectivity index is 2.29. The van der Waals surface area contributed by atoms with Gasteiger partial charge in [-0.05, 0) is 59.0 Å². The lowest BCUT2D eigenvalue weighted by Crippen LogP contribution is -2.13. The van der Waals surface area contributed by atoms with Crippen LogP contribution in [0.4, 0.5) is 5.82 Å². The molecule has 0 aliphatic rings. The Labute approximate surface area is 113 Å². The molecule has 0 saturated carbocycles. The van der Waals surface area contributed by atoms with Crippen LogP contribution in [0.2, 0.25) is 0 Å². The van der Waals surface area contributed by atoms with E-state index in [0.717, 1.165) is 3.57 Å². The summed E-state index contributed by atoms with van der Waals surface area (Å²) in [4.78, 5) is 4.14. The van der Waals surface area contributed by atoms with Crippen LogP contribution in [0, 0.1) is 3.57 Å². The number of sulfonamides is 1. The van der Waals surface area contributed by atoms with Crippen LogP contribution in [0.15, 0.2) is 53.6 Å². The lowest BCUT2D eigenvalue weighted by molar-refractivity contribution is 0.601. The first kappa shape index (κ1) is 12.3. The predicted octanol–water partition coefficient (Wildman–Crippen LogP) is 2.49. The summed E-state index contributed by atoms with van der Waals surface area (Å²) in [5, 5.41) is 0. The number of anilines is 1. The Hall–Kier alpha value is -1.15. The summed E-state index contributed by atoms with van der Waals surface area (Å²) in [6.07, 6.45) is 1.53. The van der Waals surface area contributed by atoms with Gasteiger partial charge >= 0.3 is 0 Å². The summed E-state index contributed by atoms with van der Waals surface area (Å²) in [6, 6.07) is 11.7. The van der Waals surface area contributed by atoms with Gasteiger partial charge in [0.05, 0.1) is 4.90 Å². The quantitative estimate of drug-likeness (QED) is 0.856. The summed E-state index contributed by atoms with van der Waals surface area (Å²) in [5.41, 5.74) is 0. The van der Waals surface area contributed by atoms with Gasteiger partial charge in [-0.15, -0.1) is 0 Å². The minimum atomic E-state index is -3.55. The third-order valence-electron chi connectivity index (χ3n) is 2.03. The molecule has 0 radical (unpaired) electrons. The van der Waals surface area contributed by atoms with Gasteiger partial charge in [-0.2, -0.15) is 0 Å². The van der Waals surface area contributed by atoms with Gasteiger partial charge in [0.25, 0.3) is 10.0 Å². The van der Waals surface area contributed by atoms with E-state index < -0.39 is 10.0 Å². The van der Waals surface area contributed by atoms with E-state index in [4.69, 9.17) is 0 Å². The highest BCUT2D eigenvalue weighted by Crippen LogP contribution is 2.15. The summed E-state index contributed by atoms with van der Waals surface area (Å²) in [6.45, 7) is 0. The Bertz CT molecular complexity index is 597. The van der Waals surface area contributed by atoms with Gasteiger partial charge in [-0.3, -0.25) is 4.72 Å². The number of hydrogen-bond donors (Lipinski definition) is 1. The monoisotopic (exact) mass is 360 g/mol. The Morgan fingerprint density at radius 2 is 1.76 bits per heavy atom. The van der Waals surface area contributed by atoms with Crippen molar-refractivity contribution in [3.05, 3.63) is 52.2 Å². The first-order valence-electron chi connectivity index (χ1n) is 4.77. The predicted molar refractivity (Wildman–Crippen MR) is 74.2 cm³/mol. The third-order valence-corrected chi connectivity index (χ3v) is 4.12. The van der Waals surface area contributed by atoms with Gasteiger partial charge in [-0.1, -0.05) is 6.07 Å². The van der Waals surface area contributed by atoms with E-state index in [2.05, 4.69) is 32.3 Å². The molecule has 6 heteroatoms. The maximum absolute atomic E-state index is 12.0. The van der Waals surface area contributed by atoms with E-state index in [9.17, 15) is 8.42 Å². The van der Waals surface area contributed by atoms with Crippen LogP contribution in [0.25, 0.3) is 0 Å². The van der Waals surface area contributed by atoms with Crippen LogP contribution in [0.3, 0.4) is 0 Å². The molecule has 0 fully saturated rings. The number of benzene rings is 1. The zero-order valence-corrected chi connectivity index (χ0v) is 11.6. The highest BCUT2D eigenvalue weighted by atomic mass is 127. The fourth-order valence-electron chi connectivity index (χ4n) is 1.23. The van der Waals surface area contributed by atoms with Crippen molar-refractivity contribution >= 4 is 38.4 Å². The van der Waals surface area contributed by atoms with Gasteiger partial charge in [0, 0.05) is 9.77 Å². The van der Waals surface area contributed by atoms with Crippen LogP contribution in [-0.4, -0.2) is 13.4 Å². The summed E-state index contributed by atoms with van der Waals surface area (Å²) >= 11 is 2.12. The second-order valence-electron chi connectivity index (χ2n) is 3.27. The van der Waals surface area contributed by atoms with E-state index in [1.807, 2.05) is 0 Å². The molecule has 0 saturated heterocycles. The van der Waals surface area contributed by atoms with Crippen molar-refractivity contribution in [3.63, 3.8) is 0 Å². The molecule has 0 aliphatic heterocycles.